The summed E-state index contributed by atoms with van der Waals surface area (Å²) in [6, 6.07) is 7.16. The van der Waals surface area contributed by atoms with E-state index < -0.39 is 18.1 Å². The zero-order valence-corrected chi connectivity index (χ0v) is 20.3. The van der Waals surface area contributed by atoms with Crippen LogP contribution in [-0.4, -0.2) is 77.4 Å². The summed E-state index contributed by atoms with van der Waals surface area (Å²) in [4.78, 5) is 27.6. The lowest BCUT2D eigenvalue weighted by atomic mass is 9.88. The van der Waals surface area contributed by atoms with Gasteiger partial charge < -0.3 is 24.8 Å². The van der Waals surface area contributed by atoms with E-state index in [-0.39, 0.29) is 18.7 Å². The highest BCUT2D eigenvalue weighted by Gasteiger charge is 2.45. The summed E-state index contributed by atoms with van der Waals surface area (Å²) in [5.41, 5.74) is 2.73. The van der Waals surface area contributed by atoms with Gasteiger partial charge in [0.1, 0.15) is 23.8 Å². The summed E-state index contributed by atoms with van der Waals surface area (Å²) in [7, 11) is 0. The van der Waals surface area contributed by atoms with E-state index in [1.165, 1.54) is 12.4 Å². The van der Waals surface area contributed by atoms with E-state index in [0.29, 0.717) is 37.6 Å². The van der Waals surface area contributed by atoms with Crippen LogP contribution in [0.15, 0.2) is 49.3 Å². The fraction of sp³-hybridized carbons (Fsp3) is 0.423. The van der Waals surface area contributed by atoms with Crippen LogP contribution in [0.4, 0.5) is 24.7 Å². The van der Waals surface area contributed by atoms with Gasteiger partial charge in [0.15, 0.2) is 0 Å². The number of amides is 1. The molecule has 0 bridgehead atoms. The number of carbonyl (C=O) groups excluding carboxylic acids is 1. The Balaban J connectivity index is 1.31. The lowest BCUT2D eigenvalue weighted by molar-refractivity contribution is -0.157. The molecule has 5 rings (SSSR count). The summed E-state index contributed by atoms with van der Waals surface area (Å²) in [6.07, 6.45) is -1.15. The molecular weight excluding hydrogens is 485 g/mol. The molecule has 1 amide bonds. The number of likely N-dealkylation sites (tertiary alicyclic amines) is 1. The fourth-order valence-corrected chi connectivity index (χ4v) is 5.08. The molecule has 3 aromatic rings. The van der Waals surface area contributed by atoms with E-state index in [0.717, 1.165) is 35.6 Å². The highest BCUT2D eigenvalue weighted by molar-refractivity contribution is 5.92. The maximum Gasteiger partial charge on any atom is 0.408 e. The fourth-order valence-electron chi connectivity index (χ4n) is 5.08. The van der Waals surface area contributed by atoms with Gasteiger partial charge in [0.2, 0.25) is 5.91 Å². The second-order valence-electron chi connectivity index (χ2n) is 9.35. The monoisotopic (exact) mass is 514 g/mol. The molecule has 0 aliphatic carbocycles. The number of morpholine rings is 1. The molecule has 0 spiro atoms. The third-order valence-electron chi connectivity index (χ3n) is 7.08. The smallest absolute Gasteiger partial charge is 0.378 e. The highest BCUT2D eigenvalue weighted by atomic mass is 19.4. The topological polar surface area (TPSA) is 86.4 Å². The summed E-state index contributed by atoms with van der Waals surface area (Å²) < 4.78 is 47.4. The van der Waals surface area contributed by atoms with Crippen molar-refractivity contribution in [3.63, 3.8) is 0 Å². The number of ether oxygens (including phenoxy) is 1. The molecule has 2 fully saturated rings. The molecule has 2 N–H and O–H groups in total. The number of aromatic nitrogens is 3. The van der Waals surface area contributed by atoms with Crippen molar-refractivity contribution >= 4 is 28.4 Å². The van der Waals surface area contributed by atoms with E-state index in [4.69, 9.17) is 4.74 Å². The Labute approximate surface area is 212 Å². The number of nitrogens with one attached hydrogen (secondary N) is 2. The van der Waals surface area contributed by atoms with Gasteiger partial charge in [-0.1, -0.05) is 18.7 Å². The van der Waals surface area contributed by atoms with Crippen molar-refractivity contribution in [1.82, 2.24) is 19.9 Å². The van der Waals surface area contributed by atoms with E-state index in [2.05, 4.69) is 31.7 Å². The van der Waals surface area contributed by atoms with Gasteiger partial charge in [-0.2, -0.15) is 13.2 Å². The average molecular weight is 515 g/mol. The zero-order chi connectivity index (χ0) is 26.0. The number of rotatable bonds is 6. The van der Waals surface area contributed by atoms with Crippen LogP contribution in [0.2, 0.25) is 0 Å². The van der Waals surface area contributed by atoms with Gasteiger partial charge in [0.05, 0.1) is 18.6 Å². The number of H-pyrrole nitrogens is 1. The first-order valence-corrected chi connectivity index (χ1v) is 12.3. The van der Waals surface area contributed by atoms with E-state index in [9.17, 15) is 18.0 Å². The maximum atomic E-state index is 14.0. The van der Waals surface area contributed by atoms with Crippen LogP contribution in [0.1, 0.15) is 12.8 Å². The molecule has 196 valence electrons. The summed E-state index contributed by atoms with van der Waals surface area (Å²) in [6.45, 7) is 6.81. The van der Waals surface area contributed by atoms with Crippen molar-refractivity contribution in [2.75, 3.05) is 49.6 Å². The normalized spacial score (nSPS) is 18.1. The van der Waals surface area contributed by atoms with Gasteiger partial charge in [0, 0.05) is 37.6 Å². The van der Waals surface area contributed by atoms with Crippen molar-refractivity contribution in [2.24, 2.45) is 5.92 Å². The Bertz CT molecular complexity index is 1250. The summed E-state index contributed by atoms with van der Waals surface area (Å²) in [5, 5.41) is 3.59. The zero-order valence-electron chi connectivity index (χ0n) is 20.3. The Morgan fingerprint density at radius 1 is 1.14 bits per heavy atom. The molecule has 0 unspecified atom stereocenters. The molecule has 11 heteroatoms. The first-order valence-electron chi connectivity index (χ1n) is 12.3. The molecule has 2 aromatic heterocycles. The molecule has 37 heavy (non-hydrogen) atoms. The number of piperidine rings is 1. The average Bonchev–Trinajstić information content (AvgIpc) is 3.36. The highest BCUT2D eigenvalue weighted by Crippen LogP contribution is 2.35. The number of fused-ring (bicyclic) bond motifs is 1. The number of halogens is 3. The predicted molar refractivity (Wildman–Crippen MR) is 135 cm³/mol. The standard InChI is InChI=1S/C26H29F3N6O2/c1-2-22(36)34-9-7-18(8-10-34)23(26(27,28)29)32-19-5-3-17(4-6-19)21-15-20-24(33-21)30-16-31-25(20)35-11-13-37-14-12-35/h2-6,15-16,18,23,32H,1,7-14H2,(H,30,31,33)/t23-/m1/s1. The van der Waals surface area contributed by atoms with Crippen molar-refractivity contribution in [1.29, 1.82) is 0 Å². The van der Waals surface area contributed by atoms with Crippen molar-refractivity contribution < 1.29 is 22.7 Å². The van der Waals surface area contributed by atoms with Crippen LogP contribution in [-0.2, 0) is 9.53 Å². The van der Waals surface area contributed by atoms with Crippen molar-refractivity contribution in [3.8, 4) is 11.3 Å². The van der Waals surface area contributed by atoms with E-state index in [1.807, 2.05) is 6.07 Å². The molecule has 0 saturated carbocycles. The number of benzene rings is 1. The van der Waals surface area contributed by atoms with Crippen LogP contribution in [0.25, 0.3) is 22.3 Å². The van der Waals surface area contributed by atoms with Crippen LogP contribution < -0.4 is 10.2 Å². The Kier molecular flexibility index (Phi) is 7.05. The molecule has 2 aliphatic rings. The van der Waals surface area contributed by atoms with Gasteiger partial charge in [-0.15, -0.1) is 0 Å². The lowest BCUT2D eigenvalue weighted by Crippen LogP contribution is -2.48. The lowest BCUT2D eigenvalue weighted by Gasteiger charge is -2.37. The van der Waals surface area contributed by atoms with E-state index >= 15 is 0 Å². The number of nitrogens with zero attached hydrogens (tertiary/aromatic N) is 4. The molecule has 1 aromatic carbocycles. The van der Waals surface area contributed by atoms with Gasteiger partial charge in [-0.3, -0.25) is 4.79 Å². The van der Waals surface area contributed by atoms with Gasteiger partial charge in [0.25, 0.3) is 0 Å². The van der Waals surface area contributed by atoms with Crippen molar-refractivity contribution in [3.05, 3.63) is 49.3 Å². The number of anilines is 2. The number of aromatic amines is 1. The molecule has 8 nitrogen and oxygen atoms in total. The maximum absolute atomic E-state index is 14.0. The first-order chi connectivity index (χ1) is 17.8. The van der Waals surface area contributed by atoms with Crippen LogP contribution >= 0.6 is 0 Å². The largest absolute Gasteiger partial charge is 0.408 e. The van der Waals surface area contributed by atoms with Gasteiger partial charge in [-0.25, -0.2) is 9.97 Å². The number of hydrogen-bond acceptors (Lipinski definition) is 6. The summed E-state index contributed by atoms with van der Waals surface area (Å²) in [5.74, 6) is -0.0343. The van der Waals surface area contributed by atoms with E-state index in [1.54, 1.807) is 29.2 Å². The van der Waals surface area contributed by atoms with Gasteiger partial charge >= 0.3 is 6.18 Å². The molecule has 0 radical (unpaired) electrons. The van der Waals surface area contributed by atoms with Crippen LogP contribution in [0, 0.1) is 5.92 Å². The third kappa shape index (κ3) is 5.41. The Hall–Kier alpha value is -3.60. The van der Waals surface area contributed by atoms with Gasteiger partial charge in [-0.05, 0) is 48.6 Å². The first kappa shape index (κ1) is 25.1. The molecule has 2 aliphatic heterocycles. The predicted octanol–water partition coefficient (Wildman–Crippen LogP) is 4.23. The van der Waals surface area contributed by atoms with Crippen LogP contribution in [0.3, 0.4) is 0 Å². The molecule has 4 heterocycles. The molecule has 2 saturated heterocycles. The number of alkyl halides is 3. The minimum atomic E-state index is -4.42. The summed E-state index contributed by atoms with van der Waals surface area (Å²) >= 11 is 0. The third-order valence-corrected chi connectivity index (χ3v) is 7.08. The Morgan fingerprint density at radius 2 is 1.84 bits per heavy atom. The van der Waals surface area contributed by atoms with Crippen LogP contribution in [0.5, 0.6) is 0 Å². The minimum absolute atomic E-state index is 0.245. The second-order valence-corrected chi connectivity index (χ2v) is 9.35. The molecule has 1 atom stereocenters. The second kappa shape index (κ2) is 10.4. The quantitative estimate of drug-likeness (QED) is 0.479. The van der Waals surface area contributed by atoms with Crippen molar-refractivity contribution in [2.45, 2.75) is 25.1 Å². The SMILES string of the molecule is C=CC(=O)N1CCC([C@@H](Nc2ccc(-c3cc4c(N5CCOCC5)ncnc4[nH]3)cc2)C(F)(F)F)CC1. The number of carbonyl (C=O) groups is 1. The minimum Gasteiger partial charge on any atom is -0.378 e. The Morgan fingerprint density at radius 3 is 2.49 bits per heavy atom. The molecular formula is C26H29F3N6O2. The number of hydrogen-bond donors (Lipinski definition) is 2.